The predicted octanol–water partition coefficient (Wildman–Crippen LogP) is 1.90. The monoisotopic (exact) mass is 412 g/mol. The molecule has 9 heteroatoms. The van der Waals surface area contributed by atoms with E-state index in [1.165, 1.54) is 24.3 Å². The summed E-state index contributed by atoms with van der Waals surface area (Å²) >= 11 is 0. The molecule has 0 saturated heterocycles. The van der Waals surface area contributed by atoms with E-state index >= 15 is 0 Å². The first-order valence-electron chi connectivity index (χ1n) is 9.26. The Kier molecular flexibility index (Phi) is 7.13. The van der Waals surface area contributed by atoms with Gasteiger partial charge >= 0.3 is 5.97 Å². The van der Waals surface area contributed by atoms with E-state index in [1.807, 2.05) is 0 Å². The van der Waals surface area contributed by atoms with Crippen molar-refractivity contribution in [3.05, 3.63) is 59.7 Å². The van der Waals surface area contributed by atoms with E-state index in [4.69, 9.17) is 11.1 Å². The van der Waals surface area contributed by atoms with Crippen LogP contribution in [-0.2, 0) is 19.9 Å². The van der Waals surface area contributed by atoms with Gasteiger partial charge in [0.05, 0.1) is 0 Å². The number of rotatable bonds is 9. The van der Waals surface area contributed by atoms with E-state index in [1.54, 1.807) is 31.2 Å². The lowest BCUT2D eigenvalue weighted by Gasteiger charge is -2.30. The van der Waals surface area contributed by atoms with Gasteiger partial charge in [-0.25, -0.2) is 4.79 Å². The first-order chi connectivity index (χ1) is 14.2. The van der Waals surface area contributed by atoms with Crippen molar-refractivity contribution in [1.82, 2.24) is 5.32 Å². The molecule has 0 fully saturated rings. The number of nitrogens with one attached hydrogen (secondary N) is 3. The van der Waals surface area contributed by atoms with Gasteiger partial charge in [-0.2, -0.15) is 0 Å². The van der Waals surface area contributed by atoms with Crippen molar-refractivity contribution >= 4 is 29.3 Å². The Hall–Kier alpha value is -3.88. The van der Waals surface area contributed by atoms with Crippen molar-refractivity contribution < 1.29 is 24.6 Å². The summed E-state index contributed by atoms with van der Waals surface area (Å²) in [5.74, 6) is -2.35. The molecule has 0 aliphatic rings. The van der Waals surface area contributed by atoms with Crippen LogP contribution in [0.15, 0.2) is 48.5 Å². The molecule has 2 rings (SSSR count). The Morgan fingerprint density at radius 1 is 1.00 bits per heavy atom. The quantitative estimate of drug-likeness (QED) is 0.272. The van der Waals surface area contributed by atoms with Gasteiger partial charge in [-0.1, -0.05) is 19.1 Å². The minimum atomic E-state index is -1.66. The highest BCUT2D eigenvalue weighted by Gasteiger charge is 2.40. The molecule has 30 heavy (non-hydrogen) atoms. The number of hydrogen-bond donors (Lipinski definition) is 6. The summed E-state index contributed by atoms with van der Waals surface area (Å²) in [7, 11) is 0. The van der Waals surface area contributed by atoms with Crippen LogP contribution < -0.4 is 16.4 Å². The topological polar surface area (TPSA) is 166 Å². The summed E-state index contributed by atoms with van der Waals surface area (Å²) in [6.45, 7) is 1.62. The molecular formula is C21H24N4O5. The van der Waals surface area contributed by atoms with Crippen LogP contribution >= 0.6 is 0 Å². The fraction of sp³-hybridized carbons (Fsp3) is 0.238. The number of phenolic OH excluding ortho intramolecular Hbond substituents is 1. The van der Waals surface area contributed by atoms with Crippen molar-refractivity contribution in [2.75, 3.05) is 5.32 Å². The number of nitrogens with two attached hydrogens (primary N) is 1. The Labute approximate surface area is 173 Å². The van der Waals surface area contributed by atoms with Gasteiger partial charge in [0, 0.05) is 24.1 Å². The number of aromatic hydroxyl groups is 1. The highest BCUT2D eigenvalue weighted by molar-refractivity contribution is 5.97. The summed E-state index contributed by atoms with van der Waals surface area (Å²) in [5, 5.41) is 31.7. The number of amides is 2. The van der Waals surface area contributed by atoms with Crippen molar-refractivity contribution in [2.24, 2.45) is 5.73 Å². The number of carbonyl (C=O) groups is 3. The fourth-order valence-corrected chi connectivity index (χ4v) is 2.92. The Bertz CT molecular complexity index is 941. The van der Waals surface area contributed by atoms with E-state index in [9.17, 15) is 24.6 Å². The van der Waals surface area contributed by atoms with Crippen LogP contribution in [0.3, 0.4) is 0 Å². The number of hydrogen-bond acceptors (Lipinski definition) is 5. The van der Waals surface area contributed by atoms with Crippen LogP contribution in [0.1, 0.15) is 37.3 Å². The Balaban J connectivity index is 2.00. The summed E-state index contributed by atoms with van der Waals surface area (Å²) in [4.78, 5) is 36.5. The molecule has 0 aromatic heterocycles. The summed E-state index contributed by atoms with van der Waals surface area (Å²) in [6, 6.07) is 11.9. The maximum absolute atomic E-state index is 12.4. The lowest BCUT2D eigenvalue weighted by atomic mass is 9.87. The number of carbonyl (C=O) groups excluding carboxylic acids is 2. The van der Waals surface area contributed by atoms with Crippen molar-refractivity contribution in [3.63, 3.8) is 0 Å². The molecule has 1 unspecified atom stereocenters. The van der Waals surface area contributed by atoms with E-state index < -0.39 is 23.3 Å². The lowest BCUT2D eigenvalue weighted by molar-refractivity contribution is -0.148. The highest BCUT2D eigenvalue weighted by atomic mass is 16.4. The molecule has 0 saturated carbocycles. The van der Waals surface area contributed by atoms with Gasteiger partial charge in [0.25, 0.3) is 0 Å². The predicted molar refractivity (Wildman–Crippen MR) is 111 cm³/mol. The molecule has 158 valence electrons. The zero-order chi connectivity index (χ0) is 22.3. The fourth-order valence-electron chi connectivity index (χ4n) is 2.92. The molecule has 2 aromatic carbocycles. The lowest BCUT2D eigenvalue weighted by Crippen LogP contribution is -2.51. The number of benzene rings is 2. The SMILES string of the molecule is CCC(NC(=O)CCC(=O)Nc1ccc(C(=N)N)cc1)(C(=O)O)c1ccc(O)cc1. The number of anilines is 1. The average Bonchev–Trinajstić information content (AvgIpc) is 2.71. The molecular weight excluding hydrogens is 388 g/mol. The van der Waals surface area contributed by atoms with E-state index in [-0.39, 0.29) is 30.8 Å². The van der Waals surface area contributed by atoms with E-state index in [0.717, 1.165) is 0 Å². The molecule has 0 radical (unpaired) electrons. The molecule has 0 bridgehead atoms. The van der Waals surface area contributed by atoms with Crippen LogP contribution in [0.4, 0.5) is 5.69 Å². The van der Waals surface area contributed by atoms with Crippen molar-refractivity contribution in [3.8, 4) is 5.75 Å². The molecule has 2 amide bonds. The average molecular weight is 412 g/mol. The summed E-state index contributed by atoms with van der Waals surface area (Å²) < 4.78 is 0. The van der Waals surface area contributed by atoms with Crippen LogP contribution in [0, 0.1) is 5.41 Å². The molecule has 0 heterocycles. The molecule has 0 aliphatic carbocycles. The van der Waals surface area contributed by atoms with Crippen LogP contribution in [0.2, 0.25) is 0 Å². The third-order valence-corrected chi connectivity index (χ3v) is 4.67. The van der Waals surface area contributed by atoms with Crippen LogP contribution in [0.5, 0.6) is 5.75 Å². The first kappa shape index (κ1) is 22.4. The van der Waals surface area contributed by atoms with Gasteiger partial charge < -0.3 is 26.6 Å². The Morgan fingerprint density at radius 2 is 1.57 bits per heavy atom. The molecule has 9 nitrogen and oxygen atoms in total. The molecule has 2 aromatic rings. The van der Waals surface area contributed by atoms with E-state index in [2.05, 4.69) is 10.6 Å². The third kappa shape index (κ3) is 5.34. The van der Waals surface area contributed by atoms with Crippen LogP contribution in [-0.4, -0.2) is 33.8 Å². The number of nitrogen functional groups attached to an aromatic ring is 1. The van der Waals surface area contributed by atoms with Gasteiger partial charge in [-0.3, -0.25) is 15.0 Å². The first-order valence-corrected chi connectivity index (χ1v) is 9.26. The van der Waals surface area contributed by atoms with Gasteiger partial charge in [0.1, 0.15) is 11.6 Å². The van der Waals surface area contributed by atoms with Crippen molar-refractivity contribution in [2.45, 2.75) is 31.7 Å². The normalized spacial score (nSPS) is 12.4. The molecule has 1 atom stereocenters. The van der Waals surface area contributed by atoms with Gasteiger partial charge in [0.2, 0.25) is 11.8 Å². The standard InChI is InChI=1S/C21H24N4O5/c1-2-21(20(29)30,14-5-9-16(26)10-6-14)25-18(28)12-11-17(27)24-15-7-3-13(4-8-15)19(22)23/h3-10,26H,2,11-12H2,1H3,(H3,22,23)(H,24,27)(H,25,28)(H,29,30). The largest absolute Gasteiger partial charge is 0.508 e. The molecule has 7 N–H and O–H groups in total. The number of phenols is 1. The summed E-state index contributed by atoms with van der Waals surface area (Å²) in [6.07, 6.45) is -0.271. The third-order valence-electron chi connectivity index (χ3n) is 4.67. The van der Waals surface area contributed by atoms with Gasteiger partial charge in [-0.05, 0) is 48.4 Å². The minimum absolute atomic E-state index is 0.0199. The highest BCUT2D eigenvalue weighted by Crippen LogP contribution is 2.27. The number of amidine groups is 1. The molecule has 0 spiro atoms. The maximum atomic E-state index is 12.4. The minimum Gasteiger partial charge on any atom is -0.508 e. The zero-order valence-corrected chi connectivity index (χ0v) is 16.4. The van der Waals surface area contributed by atoms with Crippen LogP contribution in [0.25, 0.3) is 0 Å². The van der Waals surface area contributed by atoms with Gasteiger partial charge in [-0.15, -0.1) is 0 Å². The number of aliphatic carboxylic acids is 1. The van der Waals surface area contributed by atoms with E-state index in [0.29, 0.717) is 16.8 Å². The maximum Gasteiger partial charge on any atom is 0.334 e. The van der Waals surface area contributed by atoms with Gasteiger partial charge in [0.15, 0.2) is 5.54 Å². The second-order valence-corrected chi connectivity index (χ2v) is 6.70. The number of carboxylic acids is 1. The number of carboxylic acid groups (broad SMARTS) is 1. The molecule has 0 aliphatic heterocycles. The second-order valence-electron chi connectivity index (χ2n) is 6.70. The smallest absolute Gasteiger partial charge is 0.334 e. The summed E-state index contributed by atoms with van der Waals surface area (Å²) in [5.41, 5.74) is 5.04. The second kappa shape index (κ2) is 9.55. The zero-order valence-electron chi connectivity index (χ0n) is 16.4. The Morgan fingerprint density at radius 3 is 2.07 bits per heavy atom. The van der Waals surface area contributed by atoms with Crippen molar-refractivity contribution in [1.29, 1.82) is 5.41 Å².